The van der Waals surface area contributed by atoms with Crippen LogP contribution in [0.15, 0.2) is 6.33 Å². The summed E-state index contributed by atoms with van der Waals surface area (Å²) in [5, 5.41) is 0.579. The molecule has 0 aliphatic carbocycles. The van der Waals surface area contributed by atoms with Crippen LogP contribution in [0.25, 0.3) is 0 Å². The Kier molecular flexibility index (Phi) is 4.63. The van der Waals surface area contributed by atoms with Crippen molar-refractivity contribution in [1.82, 2.24) is 14.9 Å². The van der Waals surface area contributed by atoms with Gasteiger partial charge < -0.3 is 9.80 Å². The van der Waals surface area contributed by atoms with E-state index in [9.17, 15) is 0 Å². The van der Waals surface area contributed by atoms with Gasteiger partial charge in [0.15, 0.2) is 0 Å². The van der Waals surface area contributed by atoms with Gasteiger partial charge in [0.05, 0.1) is 0 Å². The van der Waals surface area contributed by atoms with Crippen molar-refractivity contribution >= 4 is 17.4 Å². The van der Waals surface area contributed by atoms with E-state index in [0.29, 0.717) is 17.0 Å². The molecular formula is C14H23ClN4. The van der Waals surface area contributed by atoms with Crippen LogP contribution in [0.5, 0.6) is 0 Å². The molecule has 106 valence electrons. The Labute approximate surface area is 120 Å². The zero-order valence-electron chi connectivity index (χ0n) is 12.2. The molecule has 1 aliphatic heterocycles. The molecule has 0 radical (unpaired) electrons. The standard InChI is InChI=1S/C14H23ClN4/c1-10(2)12-13(15)16-9-17-14(12)19(4)8-11-5-6-18(3)7-11/h9-11H,5-8H2,1-4H3. The molecule has 0 N–H and O–H groups in total. The van der Waals surface area contributed by atoms with E-state index in [4.69, 9.17) is 11.6 Å². The molecule has 1 atom stereocenters. The van der Waals surface area contributed by atoms with E-state index in [1.807, 2.05) is 0 Å². The second-order valence-electron chi connectivity index (χ2n) is 5.85. The average molecular weight is 283 g/mol. The van der Waals surface area contributed by atoms with Crippen LogP contribution in [0.1, 0.15) is 31.7 Å². The summed E-state index contributed by atoms with van der Waals surface area (Å²) >= 11 is 6.22. The lowest BCUT2D eigenvalue weighted by molar-refractivity contribution is 0.395. The normalized spacial score (nSPS) is 20.2. The van der Waals surface area contributed by atoms with Crippen LogP contribution in [-0.4, -0.2) is 48.6 Å². The highest BCUT2D eigenvalue weighted by molar-refractivity contribution is 6.30. The molecule has 1 aromatic rings. The monoisotopic (exact) mass is 282 g/mol. The number of hydrogen-bond donors (Lipinski definition) is 0. The Morgan fingerprint density at radius 3 is 2.79 bits per heavy atom. The molecule has 2 heterocycles. The van der Waals surface area contributed by atoms with E-state index in [2.05, 4.69) is 47.7 Å². The minimum Gasteiger partial charge on any atom is -0.359 e. The number of nitrogens with zero attached hydrogens (tertiary/aromatic N) is 4. The average Bonchev–Trinajstić information content (AvgIpc) is 2.73. The van der Waals surface area contributed by atoms with Gasteiger partial charge in [0.1, 0.15) is 17.3 Å². The molecule has 0 saturated carbocycles. The Bertz CT molecular complexity index is 435. The lowest BCUT2D eigenvalue weighted by Gasteiger charge is -2.25. The SMILES string of the molecule is CC(C)c1c(Cl)ncnc1N(C)CC1CCN(C)C1. The van der Waals surface area contributed by atoms with Gasteiger partial charge >= 0.3 is 0 Å². The van der Waals surface area contributed by atoms with Crippen LogP contribution in [0.4, 0.5) is 5.82 Å². The molecule has 19 heavy (non-hydrogen) atoms. The molecule has 5 heteroatoms. The maximum atomic E-state index is 6.22. The fraction of sp³-hybridized carbons (Fsp3) is 0.714. The number of hydrogen-bond acceptors (Lipinski definition) is 4. The van der Waals surface area contributed by atoms with Crippen LogP contribution in [0, 0.1) is 5.92 Å². The van der Waals surface area contributed by atoms with Gasteiger partial charge in [-0.2, -0.15) is 0 Å². The predicted octanol–water partition coefficient (Wildman–Crippen LogP) is 2.64. The quantitative estimate of drug-likeness (QED) is 0.795. The fourth-order valence-electron chi connectivity index (χ4n) is 2.82. The van der Waals surface area contributed by atoms with Gasteiger partial charge in [-0.15, -0.1) is 0 Å². The second kappa shape index (κ2) is 6.06. The Morgan fingerprint density at radius 1 is 1.47 bits per heavy atom. The lowest BCUT2D eigenvalue weighted by Crippen LogP contribution is -2.29. The van der Waals surface area contributed by atoms with Gasteiger partial charge in [-0.3, -0.25) is 0 Å². The number of halogens is 1. The highest BCUT2D eigenvalue weighted by Crippen LogP contribution is 2.30. The molecule has 2 rings (SSSR count). The Morgan fingerprint density at radius 2 is 2.21 bits per heavy atom. The first-order chi connectivity index (χ1) is 8.99. The Balaban J connectivity index is 2.14. The summed E-state index contributed by atoms with van der Waals surface area (Å²) in [5.41, 5.74) is 1.05. The van der Waals surface area contributed by atoms with E-state index in [0.717, 1.165) is 17.9 Å². The van der Waals surface area contributed by atoms with E-state index in [1.165, 1.54) is 19.5 Å². The molecule has 1 aromatic heterocycles. The Hall–Kier alpha value is -0.870. The number of anilines is 1. The van der Waals surface area contributed by atoms with Crippen molar-refractivity contribution < 1.29 is 0 Å². The molecule has 1 fully saturated rings. The maximum Gasteiger partial charge on any atom is 0.138 e. The maximum absolute atomic E-state index is 6.22. The molecule has 0 spiro atoms. The largest absolute Gasteiger partial charge is 0.359 e. The van der Waals surface area contributed by atoms with Crippen LogP contribution < -0.4 is 4.90 Å². The topological polar surface area (TPSA) is 32.3 Å². The number of rotatable bonds is 4. The van der Waals surface area contributed by atoms with Crippen molar-refractivity contribution in [3.63, 3.8) is 0 Å². The van der Waals surface area contributed by atoms with Gasteiger partial charge in [0.2, 0.25) is 0 Å². The summed E-state index contributed by atoms with van der Waals surface area (Å²) < 4.78 is 0. The molecule has 1 aliphatic rings. The van der Waals surface area contributed by atoms with Gasteiger partial charge in [-0.1, -0.05) is 25.4 Å². The lowest BCUT2D eigenvalue weighted by atomic mass is 10.0. The third-order valence-electron chi connectivity index (χ3n) is 3.77. The van der Waals surface area contributed by atoms with E-state index < -0.39 is 0 Å². The molecule has 4 nitrogen and oxygen atoms in total. The number of aromatic nitrogens is 2. The summed E-state index contributed by atoms with van der Waals surface area (Å²) in [6.07, 6.45) is 2.82. The summed E-state index contributed by atoms with van der Waals surface area (Å²) in [6, 6.07) is 0. The third-order valence-corrected chi connectivity index (χ3v) is 4.08. The van der Waals surface area contributed by atoms with Gasteiger partial charge in [0.25, 0.3) is 0 Å². The predicted molar refractivity (Wildman–Crippen MR) is 80.0 cm³/mol. The zero-order valence-corrected chi connectivity index (χ0v) is 13.0. The number of likely N-dealkylation sites (tertiary alicyclic amines) is 1. The molecule has 1 saturated heterocycles. The van der Waals surface area contributed by atoms with Crippen molar-refractivity contribution in [2.24, 2.45) is 5.92 Å². The third kappa shape index (κ3) is 3.37. The van der Waals surface area contributed by atoms with Crippen molar-refractivity contribution in [3.8, 4) is 0 Å². The first-order valence-corrected chi connectivity index (χ1v) is 7.27. The van der Waals surface area contributed by atoms with E-state index >= 15 is 0 Å². The summed E-state index contributed by atoms with van der Waals surface area (Å²) in [4.78, 5) is 13.2. The van der Waals surface area contributed by atoms with Crippen molar-refractivity contribution in [3.05, 3.63) is 17.0 Å². The summed E-state index contributed by atoms with van der Waals surface area (Å²) in [7, 11) is 4.28. The molecular weight excluding hydrogens is 260 g/mol. The summed E-state index contributed by atoms with van der Waals surface area (Å²) in [5.74, 6) is 2.02. The fourth-order valence-corrected chi connectivity index (χ4v) is 3.16. The first-order valence-electron chi connectivity index (χ1n) is 6.89. The summed E-state index contributed by atoms with van der Waals surface area (Å²) in [6.45, 7) is 7.65. The van der Waals surface area contributed by atoms with Crippen LogP contribution >= 0.6 is 11.6 Å². The van der Waals surface area contributed by atoms with Crippen molar-refractivity contribution in [1.29, 1.82) is 0 Å². The van der Waals surface area contributed by atoms with Crippen LogP contribution in [0.3, 0.4) is 0 Å². The van der Waals surface area contributed by atoms with E-state index in [-0.39, 0.29) is 0 Å². The molecule has 0 aromatic carbocycles. The first kappa shape index (κ1) is 14.5. The van der Waals surface area contributed by atoms with E-state index in [1.54, 1.807) is 6.33 Å². The van der Waals surface area contributed by atoms with Crippen LogP contribution in [-0.2, 0) is 0 Å². The minimum absolute atomic E-state index is 0.331. The van der Waals surface area contributed by atoms with Gasteiger partial charge in [-0.25, -0.2) is 9.97 Å². The minimum atomic E-state index is 0.331. The van der Waals surface area contributed by atoms with Crippen molar-refractivity contribution in [2.45, 2.75) is 26.2 Å². The van der Waals surface area contributed by atoms with Crippen LogP contribution in [0.2, 0.25) is 5.15 Å². The molecule has 0 amide bonds. The highest BCUT2D eigenvalue weighted by Gasteiger charge is 2.23. The second-order valence-corrected chi connectivity index (χ2v) is 6.21. The molecule has 1 unspecified atom stereocenters. The molecule has 0 bridgehead atoms. The zero-order chi connectivity index (χ0) is 14.0. The smallest absolute Gasteiger partial charge is 0.138 e. The van der Waals surface area contributed by atoms with Crippen molar-refractivity contribution in [2.75, 3.05) is 38.6 Å². The van der Waals surface area contributed by atoms with Gasteiger partial charge in [-0.05, 0) is 31.8 Å². The highest BCUT2D eigenvalue weighted by atomic mass is 35.5. The van der Waals surface area contributed by atoms with Gasteiger partial charge in [0, 0.05) is 25.7 Å².